The fourth-order valence-electron chi connectivity index (χ4n) is 1.38. The number of fused-ring (bicyclic) bond motifs is 1. The maximum Gasteiger partial charge on any atom is 0.200 e. The van der Waals surface area contributed by atoms with Crippen LogP contribution in [0.15, 0.2) is 18.5 Å². The van der Waals surface area contributed by atoms with Crippen molar-refractivity contribution < 1.29 is 9.47 Å². The summed E-state index contributed by atoms with van der Waals surface area (Å²) < 4.78 is 10.3. The highest BCUT2D eigenvalue weighted by Gasteiger charge is 2.15. The number of ether oxygens (including phenoxy) is 2. The van der Waals surface area contributed by atoms with Gasteiger partial charge in [0.1, 0.15) is 5.69 Å². The molecule has 0 saturated heterocycles. The molecule has 14 heavy (non-hydrogen) atoms. The molecule has 74 valence electrons. The first-order chi connectivity index (χ1) is 6.86. The molecule has 0 aliphatic heterocycles. The zero-order chi connectivity index (χ0) is 9.97. The highest BCUT2D eigenvalue weighted by molar-refractivity contribution is 5.80. The summed E-state index contributed by atoms with van der Waals surface area (Å²) >= 11 is 0. The third-order valence-corrected chi connectivity index (χ3v) is 2.05. The Bertz CT molecular complexity index is 423. The summed E-state index contributed by atoms with van der Waals surface area (Å²) in [4.78, 5) is 4.03. The minimum absolute atomic E-state index is 0.427. The van der Waals surface area contributed by atoms with Crippen LogP contribution < -0.4 is 0 Å². The van der Waals surface area contributed by atoms with Gasteiger partial charge < -0.3 is 9.47 Å². The summed E-state index contributed by atoms with van der Waals surface area (Å²) in [7, 11) is 3.16. The van der Waals surface area contributed by atoms with Gasteiger partial charge in [-0.3, -0.25) is 10.1 Å². The molecule has 0 radical (unpaired) electrons. The third-order valence-electron chi connectivity index (χ3n) is 2.05. The zero-order valence-corrected chi connectivity index (χ0v) is 8.02. The van der Waals surface area contributed by atoms with E-state index in [1.54, 1.807) is 26.6 Å². The van der Waals surface area contributed by atoms with Gasteiger partial charge in [0, 0.05) is 32.0 Å². The van der Waals surface area contributed by atoms with Gasteiger partial charge in [0.05, 0.1) is 5.52 Å². The lowest BCUT2D eigenvalue weighted by Crippen LogP contribution is -2.04. The van der Waals surface area contributed by atoms with Crippen molar-refractivity contribution in [1.29, 1.82) is 0 Å². The molecule has 0 bridgehead atoms. The van der Waals surface area contributed by atoms with Crippen LogP contribution in [0.25, 0.3) is 10.9 Å². The minimum atomic E-state index is -0.427. The Morgan fingerprint density at radius 2 is 2.14 bits per heavy atom. The average molecular weight is 193 g/mol. The van der Waals surface area contributed by atoms with Gasteiger partial charge >= 0.3 is 0 Å². The van der Waals surface area contributed by atoms with Crippen LogP contribution in [0.5, 0.6) is 0 Å². The van der Waals surface area contributed by atoms with Crippen LogP contribution in [0, 0.1) is 0 Å². The molecule has 2 heterocycles. The molecule has 0 spiro atoms. The van der Waals surface area contributed by atoms with Crippen molar-refractivity contribution in [3.05, 3.63) is 24.2 Å². The monoisotopic (exact) mass is 193 g/mol. The molecule has 5 heteroatoms. The molecule has 0 aromatic carbocycles. The molecule has 0 aliphatic carbocycles. The van der Waals surface area contributed by atoms with Gasteiger partial charge in [0.25, 0.3) is 0 Å². The van der Waals surface area contributed by atoms with E-state index in [-0.39, 0.29) is 0 Å². The second-order valence-electron chi connectivity index (χ2n) is 2.83. The van der Waals surface area contributed by atoms with Crippen molar-refractivity contribution in [3.8, 4) is 0 Å². The average Bonchev–Trinajstić information content (AvgIpc) is 2.65. The minimum Gasteiger partial charge on any atom is -0.350 e. The molecule has 0 fully saturated rings. The number of pyridine rings is 1. The van der Waals surface area contributed by atoms with Gasteiger partial charge in [-0.2, -0.15) is 5.10 Å². The maximum atomic E-state index is 5.13. The number of nitrogens with one attached hydrogen (secondary N) is 1. The van der Waals surface area contributed by atoms with Gasteiger partial charge in [-0.15, -0.1) is 0 Å². The molecule has 0 saturated carbocycles. The number of hydrogen-bond donors (Lipinski definition) is 1. The fraction of sp³-hybridized carbons (Fsp3) is 0.333. The van der Waals surface area contributed by atoms with Crippen molar-refractivity contribution in [1.82, 2.24) is 15.2 Å². The summed E-state index contributed by atoms with van der Waals surface area (Å²) in [5.41, 5.74) is 1.65. The Hall–Kier alpha value is -1.46. The summed E-state index contributed by atoms with van der Waals surface area (Å²) in [5.74, 6) is 0. The molecular formula is C9H11N3O2. The van der Waals surface area contributed by atoms with Crippen molar-refractivity contribution in [2.45, 2.75) is 6.29 Å². The lowest BCUT2D eigenvalue weighted by molar-refractivity contribution is -0.107. The van der Waals surface area contributed by atoms with Crippen molar-refractivity contribution in [3.63, 3.8) is 0 Å². The van der Waals surface area contributed by atoms with Gasteiger partial charge in [0.2, 0.25) is 6.29 Å². The third kappa shape index (κ3) is 1.36. The SMILES string of the molecule is COC(OC)c1[nH]nc2ccncc12. The number of H-pyrrole nitrogens is 1. The van der Waals surface area contributed by atoms with E-state index >= 15 is 0 Å². The molecule has 2 aromatic heterocycles. The number of aromatic amines is 1. The quantitative estimate of drug-likeness (QED) is 0.745. The van der Waals surface area contributed by atoms with Crippen LogP contribution in [-0.4, -0.2) is 29.4 Å². The van der Waals surface area contributed by atoms with Crippen LogP contribution in [-0.2, 0) is 9.47 Å². The van der Waals surface area contributed by atoms with Crippen LogP contribution in [0.4, 0.5) is 0 Å². The standard InChI is InChI=1S/C9H11N3O2/c1-13-9(14-2)8-6-5-10-4-3-7(6)11-12-8/h3-5,9H,1-2H3,(H,11,12). The fourth-order valence-corrected chi connectivity index (χ4v) is 1.38. The van der Waals surface area contributed by atoms with Crippen molar-refractivity contribution >= 4 is 10.9 Å². The predicted octanol–water partition coefficient (Wildman–Crippen LogP) is 1.25. The lowest BCUT2D eigenvalue weighted by atomic mass is 10.2. The molecule has 1 N–H and O–H groups in total. The summed E-state index contributed by atoms with van der Waals surface area (Å²) in [6.45, 7) is 0. The van der Waals surface area contributed by atoms with Crippen molar-refractivity contribution in [2.75, 3.05) is 14.2 Å². The van der Waals surface area contributed by atoms with Gasteiger partial charge in [0.15, 0.2) is 0 Å². The summed E-state index contributed by atoms with van der Waals surface area (Å²) in [5, 5.41) is 7.90. The lowest BCUT2D eigenvalue weighted by Gasteiger charge is -2.10. The topological polar surface area (TPSA) is 60.0 Å². The first-order valence-corrected chi connectivity index (χ1v) is 4.20. The first-order valence-electron chi connectivity index (χ1n) is 4.20. The van der Waals surface area contributed by atoms with E-state index in [1.165, 1.54) is 0 Å². The van der Waals surface area contributed by atoms with Crippen LogP contribution in [0.3, 0.4) is 0 Å². The van der Waals surface area contributed by atoms with Gasteiger partial charge in [-0.05, 0) is 6.07 Å². The number of methoxy groups -OCH3 is 2. The first kappa shape index (κ1) is 9.11. The molecular weight excluding hydrogens is 182 g/mol. The summed E-state index contributed by atoms with van der Waals surface area (Å²) in [6.07, 6.45) is 3.00. The molecule has 0 aliphatic rings. The smallest absolute Gasteiger partial charge is 0.200 e. The zero-order valence-electron chi connectivity index (χ0n) is 8.02. The van der Waals surface area contributed by atoms with E-state index in [0.29, 0.717) is 0 Å². The Morgan fingerprint density at radius 1 is 1.36 bits per heavy atom. The number of aromatic nitrogens is 3. The number of nitrogens with zero attached hydrogens (tertiary/aromatic N) is 2. The number of hydrogen-bond acceptors (Lipinski definition) is 4. The van der Waals surface area contributed by atoms with Crippen LogP contribution >= 0.6 is 0 Å². The molecule has 5 nitrogen and oxygen atoms in total. The Balaban J connectivity index is 2.51. The molecule has 2 rings (SSSR count). The predicted molar refractivity (Wildman–Crippen MR) is 50.6 cm³/mol. The second kappa shape index (κ2) is 3.73. The van der Waals surface area contributed by atoms with E-state index in [0.717, 1.165) is 16.6 Å². The van der Waals surface area contributed by atoms with E-state index in [4.69, 9.17) is 9.47 Å². The van der Waals surface area contributed by atoms with Crippen molar-refractivity contribution in [2.24, 2.45) is 0 Å². The van der Waals surface area contributed by atoms with E-state index < -0.39 is 6.29 Å². The molecule has 0 unspecified atom stereocenters. The molecule has 2 aromatic rings. The molecule has 0 atom stereocenters. The van der Waals surface area contributed by atoms with Gasteiger partial charge in [-0.25, -0.2) is 0 Å². The van der Waals surface area contributed by atoms with E-state index in [1.807, 2.05) is 6.07 Å². The Labute approximate surface area is 81.1 Å². The van der Waals surface area contributed by atoms with E-state index in [9.17, 15) is 0 Å². The largest absolute Gasteiger partial charge is 0.350 e. The van der Waals surface area contributed by atoms with Crippen LogP contribution in [0.1, 0.15) is 12.0 Å². The molecule has 0 amide bonds. The van der Waals surface area contributed by atoms with E-state index in [2.05, 4.69) is 15.2 Å². The highest BCUT2D eigenvalue weighted by atomic mass is 16.7. The normalized spacial score (nSPS) is 11.4. The number of rotatable bonds is 3. The van der Waals surface area contributed by atoms with Gasteiger partial charge in [-0.1, -0.05) is 0 Å². The summed E-state index contributed by atoms with van der Waals surface area (Å²) in [6, 6.07) is 1.83. The Kier molecular flexibility index (Phi) is 2.43. The maximum absolute atomic E-state index is 5.13. The second-order valence-corrected chi connectivity index (χ2v) is 2.83. The Morgan fingerprint density at radius 3 is 2.86 bits per heavy atom. The van der Waals surface area contributed by atoms with Crippen LogP contribution in [0.2, 0.25) is 0 Å². The highest BCUT2D eigenvalue weighted by Crippen LogP contribution is 2.22.